The highest BCUT2D eigenvalue weighted by atomic mass is 16.5. The van der Waals surface area contributed by atoms with Crippen molar-refractivity contribution in [1.82, 2.24) is 20.0 Å². The molecule has 0 aliphatic carbocycles. The monoisotopic (exact) mass is 216 g/mol. The third kappa shape index (κ3) is 1.49. The van der Waals surface area contributed by atoms with Gasteiger partial charge in [-0.2, -0.15) is 0 Å². The number of fused-ring (bicyclic) bond motifs is 1. The molecule has 5 heteroatoms. The molecular weight excluding hydrogens is 204 g/mol. The first kappa shape index (κ1) is 9.47. The second-order valence-electron chi connectivity index (χ2n) is 4.02. The molecule has 0 N–H and O–H groups in total. The van der Waals surface area contributed by atoms with E-state index in [-0.39, 0.29) is 0 Å². The van der Waals surface area contributed by atoms with Gasteiger partial charge in [0.1, 0.15) is 5.69 Å². The fraction of sp³-hybridized carbons (Fsp3) is 0.364. The van der Waals surface area contributed by atoms with Crippen LogP contribution in [0, 0.1) is 0 Å². The zero-order valence-electron chi connectivity index (χ0n) is 9.05. The topological polar surface area (TPSA) is 55.1 Å². The molecule has 0 atom stereocenters. The molecular formula is C11H12N4O. The van der Waals surface area contributed by atoms with E-state index in [1.807, 2.05) is 0 Å². The normalized spacial score (nSPS) is 16.1. The fourth-order valence-corrected chi connectivity index (χ4v) is 1.97. The lowest BCUT2D eigenvalue weighted by Gasteiger charge is -2.20. The summed E-state index contributed by atoms with van der Waals surface area (Å²) in [6, 6.07) is 0. The Labute approximate surface area is 93.1 Å². The predicted molar refractivity (Wildman–Crippen MR) is 57.6 cm³/mol. The minimum absolute atomic E-state index is 0.756. The van der Waals surface area contributed by atoms with E-state index in [0.29, 0.717) is 0 Å². The first-order valence-corrected chi connectivity index (χ1v) is 5.27. The summed E-state index contributed by atoms with van der Waals surface area (Å²) in [7, 11) is 2.09. The Hall–Kier alpha value is -1.75. The molecule has 2 aromatic heterocycles. The van der Waals surface area contributed by atoms with Crippen molar-refractivity contribution in [3.63, 3.8) is 0 Å². The molecule has 3 heterocycles. The van der Waals surface area contributed by atoms with Crippen molar-refractivity contribution < 1.29 is 4.52 Å². The summed E-state index contributed by atoms with van der Waals surface area (Å²) in [4.78, 5) is 10.5. The van der Waals surface area contributed by atoms with Crippen molar-refractivity contribution in [3.05, 3.63) is 29.8 Å². The lowest BCUT2D eigenvalue weighted by atomic mass is 10.1. The van der Waals surface area contributed by atoms with E-state index in [2.05, 4.69) is 27.1 Å². The van der Waals surface area contributed by atoms with Crippen molar-refractivity contribution in [3.8, 4) is 11.5 Å². The van der Waals surface area contributed by atoms with Crippen LogP contribution in [0.4, 0.5) is 0 Å². The SMILES string of the molecule is CN1CCc2noc(-c3cnccn3)c2C1. The van der Waals surface area contributed by atoms with Crippen LogP contribution in [-0.2, 0) is 13.0 Å². The molecule has 5 nitrogen and oxygen atoms in total. The summed E-state index contributed by atoms with van der Waals surface area (Å²) in [5.41, 5.74) is 2.96. The number of nitrogens with zero attached hydrogens (tertiary/aromatic N) is 4. The van der Waals surface area contributed by atoms with Crippen molar-refractivity contribution in [2.24, 2.45) is 0 Å². The summed E-state index contributed by atoms with van der Waals surface area (Å²) < 4.78 is 5.37. The van der Waals surface area contributed by atoms with Crippen LogP contribution >= 0.6 is 0 Å². The van der Waals surface area contributed by atoms with Crippen molar-refractivity contribution >= 4 is 0 Å². The summed E-state index contributed by atoms with van der Waals surface area (Å²) in [5.74, 6) is 0.759. The van der Waals surface area contributed by atoms with Crippen molar-refractivity contribution in [2.45, 2.75) is 13.0 Å². The minimum atomic E-state index is 0.756. The minimum Gasteiger partial charge on any atom is -0.354 e. The Balaban J connectivity index is 2.07. The van der Waals surface area contributed by atoms with Gasteiger partial charge in [0.05, 0.1) is 11.9 Å². The second-order valence-corrected chi connectivity index (χ2v) is 4.02. The summed E-state index contributed by atoms with van der Waals surface area (Å²) >= 11 is 0. The van der Waals surface area contributed by atoms with Gasteiger partial charge >= 0.3 is 0 Å². The highest BCUT2D eigenvalue weighted by molar-refractivity contribution is 5.56. The highest BCUT2D eigenvalue weighted by Gasteiger charge is 2.23. The maximum Gasteiger partial charge on any atom is 0.191 e. The van der Waals surface area contributed by atoms with Crippen molar-refractivity contribution in [1.29, 1.82) is 0 Å². The predicted octanol–water partition coefficient (Wildman–Crippen LogP) is 1.12. The molecule has 3 rings (SSSR count). The number of rotatable bonds is 1. The largest absolute Gasteiger partial charge is 0.354 e. The van der Waals surface area contributed by atoms with Gasteiger partial charge in [-0.05, 0) is 7.05 Å². The Morgan fingerprint density at radius 3 is 3.12 bits per heavy atom. The molecule has 0 amide bonds. The molecule has 1 aliphatic rings. The summed E-state index contributed by atoms with van der Waals surface area (Å²) in [6.07, 6.45) is 5.96. The highest BCUT2D eigenvalue weighted by Crippen LogP contribution is 2.27. The van der Waals surface area contributed by atoms with Gasteiger partial charge in [-0.3, -0.25) is 4.98 Å². The zero-order valence-corrected chi connectivity index (χ0v) is 9.05. The standard InChI is InChI=1S/C11H12N4O/c1-15-5-2-9-8(7-15)11(16-14-9)10-6-12-3-4-13-10/h3-4,6H,2,5,7H2,1H3. The van der Waals surface area contributed by atoms with Crippen LogP contribution in [0.2, 0.25) is 0 Å². The Morgan fingerprint density at radius 1 is 1.38 bits per heavy atom. The lowest BCUT2D eigenvalue weighted by molar-refractivity contribution is 0.311. The maximum atomic E-state index is 5.37. The van der Waals surface area contributed by atoms with E-state index >= 15 is 0 Å². The van der Waals surface area contributed by atoms with Crippen molar-refractivity contribution in [2.75, 3.05) is 13.6 Å². The Morgan fingerprint density at radius 2 is 2.31 bits per heavy atom. The smallest absolute Gasteiger partial charge is 0.191 e. The molecule has 0 bridgehead atoms. The summed E-state index contributed by atoms with van der Waals surface area (Å²) in [6.45, 7) is 1.89. The first-order valence-electron chi connectivity index (χ1n) is 5.27. The van der Waals surface area contributed by atoms with E-state index in [4.69, 9.17) is 4.52 Å². The molecule has 82 valence electrons. The number of aromatic nitrogens is 3. The molecule has 0 spiro atoms. The average Bonchev–Trinajstić information content (AvgIpc) is 2.73. The number of hydrogen-bond donors (Lipinski definition) is 0. The van der Waals surface area contributed by atoms with E-state index < -0.39 is 0 Å². The van der Waals surface area contributed by atoms with Crippen LogP contribution in [0.15, 0.2) is 23.1 Å². The molecule has 0 saturated heterocycles. The molecule has 0 saturated carbocycles. The third-order valence-corrected chi connectivity index (χ3v) is 2.82. The maximum absolute atomic E-state index is 5.37. The van der Waals surface area contributed by atoms with Crippen LogP contribution in [-0.4, -0.2) is 33.6 Å². The lowest BCUT2D eigenvalue weighted by Crippen LogP contribution is -2.26. The zero-order chi connectivity index (χ0) is 11.0. The molecule has 0 fully saturated rings. The third-order valence-electron chi connectivity index (χ3n) is 2.82. The van der Waals surface area contributed by atoms with Crippen LogP contribution in [0.5, 0.6) is 0 Å². The van der Waals surface area contributed by atoms with Gasteiger partial charge in [0.25, 0.3) is 0 Å². The summed E-state index contributed by atoms with van der Waals surface area (Å²) in [5, 5.41) is 4.10. The van der Waals surface area contributed by atoms with Crippen LogP contribution in [0.25, 0.3) is 11.5 Å². The van der Waals surface area contributed by atoms with E-state index in [9.17, 15) is 0 Å². The van der Waals surface area contributed by atoms with Gasteiger partial charge in [0, 0.05) is 37.5 Å². The van der Waals surface area contributed by atoms with Gasteiger partial charge in [0.2, 0.25) is 0 Å². The second kappa shape index (κ2) is 3.68. The fourth-order valence-electron chi connectivity index (χ4n) is 1.97. The molecule has 1 aliphatic heterocycles. The molecule has 16 heavy (non-hydrogen) atoms. The van der Waals surface area contributed by atoms with Gasteiger partial charge in [-0.15, -0.1) is 0 Å². The molecule has 0 radical (unpaired) electrons. The van der Waals surface area contributed by atoms with Crippen LogP contribution < -0.4 is 0 Å². The van der Waals surface area contributed by atoms with Gasteiger partial charge in [-0.1, -0.05) is 5.16 Å². The quantitative estimate of drug-likeness (QED) is 0.715. The van der Waals surface area contributed by atoms with Gasteiger partial charge in [0.15, 0.2) is 5.76 Å². The average molecular weight is 216 g/mol. The molecule has 0 aromatic carbocycles. The molecule has 0 unspecified atom stereocenters. The Bertz CT molecular complexity index is 494. The van der Waals surface area contributed by atoms with Gasteiger partial charge < -0.3 is 9.42 Å². The Kier molecular flexibility index (Phi) is 2.18. The van der Waals surface area contributed by atoms with E-state index in [0.717, 1.165) is 42.2 Å². The van der Waals surface area contributed by atoms with Crippen LogP contribution in [0.1, 0.15) is 11.3 Å². The van der Waals surface area contributed by atoms with Gasteiger partial charge in [-0.25, -0.2) is 4.98 Å². The van der Waals surface area contributed by atoms with E-state index in [1.165, 1.54) is 0 Å². The first-order chi connectivity index (χ1) is 7.84. The number of hydrogen-bond acceptors (Lipinski definition) is 5. The number of likely N-dealkylation sites (N-methyl/N-ethyl adjacent to an activating group) is 1. The van der Waals surface area contributed by atoms with E-state index in [1.54, 1.807) is 18.6 Å². The molecule has 2 aromatic rings. The van der Waals surface area contributed by atoms with Crippen LogP contribution in [0.3, 0.4) is 0 Å².